The Balaban J connectivity index is 1.88. The first-order valence-electron chi connectivity index (χ1n) is 7.15. The first-order chi connectivity index (χ1) is 9.28. The number of ether oxygens (including phenoxy) is 1. The summed E-state index contributed by atoms with van der Waals surface area (Å²) in [5.74, 6) is 0. The number of aryl methyl sites for hydroxylation is 1. The van der Waals surface area contributed by atoms with Crippen LogP contribution in [0.4, 0.5) is 0 Å². The van der Waals surface area contributed by atoms with Gasteiger partial charge in [-0.05, 0) is 30.5 Å². The number of likely N-dealkylation sites (N-methyl/N-ethyl adjacent to an activating group) is 1. The zero-order valence-electron chi connectivity index (χ0n) is 11.8. The molecule has 1 aliphatic heterocycles. The smallest absolute Gasteiger partial charge is 0.0881 e. The van der Waals surface area contributed by atoms with Crippen LogP contribution in [0, 0.1) is 0 Å². The molecule has 1 unspecified atom stereocenters. The summed E-state index contributed by atoms with van der Waals surface area (Å²) in [5.41, 5.74) is 2.80. The number of morpholine rings is 1. The Morgan fingerprint density at radius 2 is 2.21 bits per heavy atom. The van der Waals surface area contributed by atoms with Crippen molar-refractivity contribution in [3.63, 3.8) is 0 Å². The van der Waals surface area contributed by atoms with Crippen LogP contribution in [0.3, 0.4) is 0 Å². The molecule has 102 valence electrons. The van der Waals surface area contributed by atoms with Crippen LogP contribution >= 0.6 is 0 Å². The molecule has 0 aliphatic carbocycles. The third kappa shape index (κ3) is 2.53. The lowest BCUT2D eigenvalue weighted by Gasteiger charge is -2.30. The van der Waals surface area contributed by atoms with E-state index in [1.165, 1.54) is 16.5 Å². The van der Waals surface area contributed by atoms with E-state index in [2.05, 4.69) is 53.9 Å². The van der Waals surface area contributed by atoms with Crippen molar-refractivity contribution < 1.29 is 4.74 Å². The van der Waals surface area contributed by atoms with Crippen LogP contribution in [-0.2, 0) is 17.7 Å². The highest BCUT2D eigenvalue weighted by atomic mass is 16.5. The largest absolute Gasteiger partial charge is 0.374 e. The number of fused-ring (bicyclic) bond motifs is 1. The topological polar surface area (TPSA) is 17.4 Å². The molecule has 1 aromatic heterocycles. The van der Waals surface area contributed by atoms with Crippen LogP contribution in [0.1, 0.15) is 12.5 Å². The summed E-state index contributed by atoms with van der Waals surface area (Å²) in [6.45, 7) is 6.08. The normalized spacial score (nSPS) is 21.1. The Morgan fingerprint density at radius 3 is 3.00 bits per heavy atom. The average Bonchev–Trinajstić information content (AvgIpc) is 2.82. The summed E-state index contributed by atoms with van der Waals surface area (Å²) < 4.78 is 8.24. The number of para-hydroxylation sites is 1. The predicted molar refractivity (Wildman–Crippen MR) is 78.6 cm³/mol. The van der Waals surface area contributed by atoms with Gasteiger partial charge < -0.3 is 14.2 Å². The first-order valence-corrected chi connectivity index (χ1v) is 7.15. The second-order valence-corrected chi connectivity index (χ2v) is 5.43. The highest BCUT2D eigenvalue weighted by molar-refractivity contribution is 5.83. The molecule has 1 aliphatic rings. The molecule has 1 aromatic carbocycles. The summed E-state index contributed by atoms with van der Waals surface area (Å²) in [6, 6.07) is 8.78. The SMILES string of the molecule is CCc1cccc2ccn(CC3CN(C)CCO3)c12. The van der Waals surface area contributed by atoms with Gasteiger partial charge in [-0.25, -0.2) is 0 Å². The van der Waals surface area contributed by atoms with Crippen LogP contribution in [0.25, 0.3) is 10.9 Å². The Bertz CT molecular complexity index is 561. The molecule has 2 aromatic rings. The van der Waals surface area contributed by atoms with E-state index in [0.29, 0.717) is 6.10 Å². The van der Waals surface area contributed by atoms with Crippen LogP contribution < -0.4 is 0 Å². The van der Waals surface area contributed by atoms with E-state index in [1.807, 2.05) is 0 Å². The Morgan fingerprint density at radius 1 is 1.32 bits per heavy atom. The number of hydrogen-bond acceptors (Lipinski definition) is 2. The van der Waals surface area contributed by atoms with Gasteiger partial charge in [0.1, 0.15) is 0 Å². The number of benzene rings is 1. The van der Waals surface area contributed by atoms with Crippen LogP contribution in [0.5, 0.6) is 0 Å². The first kappa shape index (κ1) is 12.7. The van der Waals surface area contributed by atoms with Gasteiger partial charge in [-0.1, -0.05) is 25.1 Å². The fraction of sp³-hybridized carbons (Fsp3) is 0.500. The third-order valence-electron chi connectivity index (χ3n) is 4.00. The quantitative estimate of drug-likeness (QED) is 0.841. The molecule has 2 heterocycles. The molecule has 19 heavy (non-hydrogen) atoms. The second kappa shape index (κ2) is 5.35. The van der Waals surface area contributed by atoms with E-state index < -0.39 is 0 Å². The average molecular weight is 258 g/mol. The number of aromatic nitrogens is 1. The lowest BCUT2D eigenvalue weighted by atomic mass is 10.1. The van der Waals surface area contributed by atoms with Crippen LogP contribution in [-0.4, -0.2) is 42.3 Å². The van der Waals surface area contributed by atoms with Gasteiger partial charge in [0.15, 0.2) is 0 Å². The summed E-state index contributed by atoms with van der Waals surface area (Å²) >= 11 is 0. The lowest BCUT2D eigenvalue weighted by Crippen LogP contribution is -2.41. The molecule has 1 fully saturated rings. The standard InChI is InChI=1S/C16H22N2O/c1-3-13-5-4-6-14-7-8-18(16(13)14)12-15-11-17(2)9-10-19-15/h4-8,15H,3,9-12H2,1-2H3. The van der Waals surface area contributed by atoms with Crippen molar-refractivity contribution in [2.45, 2.75) is 26.0 Å². The number of hydrogen-bond donors (Lipinski definition) is 0. The molecule has 0 saturated carbocycles. The Hall–Kier alpha value is -1.32. The molecule has 0 amide bonds. The number of rotatable bonds is 3. The zero-order chi connectivity index (χ0) is 13.2. The van der Waals surface area contributed by atoms with Crippen molar-refractivity contribution in [3.8, 4) is 0 Å². The second-order valence-electron chi connectivity index (χ2n) is 5.43. The lowest BCUT2D eigenvalue weighted by molar-refractivity contribution is -0.0269. The van der Waals surface area contributed by atoms with E-state index in [0.717, 1.165) is 32.7 Å². The van der Waals surface area contributed by atoms with Crippen molar-refractivity contribution >= 4 is 10.9 Å². The molecule has 3 nitrogen and oxygen atoms in total. The maximum Gasteiger partial charge on any atom is 0.0881 e. The molecule has 0 radical (unpaired) electrons. The van der Waals surface area contributed by atoms with E-state index in [9.17, 15) is 0 Å². The van der Waals surface area contributed by atoms with Gasteiger partial charge in [-0.3, -0.25) is 0 Å². The maximum atomic E-state index is 5.88. The molecular formula is C16H22N2O. The summed E-state index contributed by atoms with van der Waals surface area (Å²) in [5, 5.41) is 1.34. The Labute approximate surface area is 114 Å². The van der Waals surface area contributed by atoms with E-state index in [1.54, 1.807) is 0 Å². The van der Waals surface area contributed by atoms with Crippen molar-refractivity contribution in [2.75, 3.05) is 26.7 Å². The van der Waals surface area contributed by atoms with Crippen LogP contribution in [0.2, 0.25) is 0 Å². The minimum absolute atomic E-state index is 0.305. The van der Waals surface area contributed by atoms with Crippen molar-refractivity contribution in [3.05, 3.63) is 36.0 Å². The molecular weight excluding hydrogens is 236 g/mol. The third-order valence-corrected chi connectivity index (χ3v) is 4.00. The van der Waals surface area contributed by atoms with E-state index in [4.69, 9.17) is 4.74 Å². The predicted octanol–water partition coefficient (Wildman–Crippen LogP) is 2.53. The van der Waals surface area contributed by atoms with Gasteiger partial charge in [0, 0.05) is 19.3 Å². The minimum atomic E-state index is 0.305. The van der Waals surface area contributed by atoms with Crippen LogP contribution in [0.15, 0.2) is 30.5 Å². The molecule has 0 N–H and O–H groups in total. The highest BCUT2D eigenvalue weighted by Crippen LogP contribution is 2.22. The van der Waals surface area contributed by atoms with Gasteiger partial charge in [0.05, 0.1) is 24.8 Å². The highest BCUT2D eigenvalue weighted by Gasteiger charge is 2.19. The Kier molecular flexibility index (Phi) is 3.58. The van der Waals surface area contributed by atoms with Crippen molar-refractivity contribution in [1.82, 2.24) is 9.47 Å². The monoisotopic (exact) mass is 258 g/mol. The summed E-state index contributed by atoms with van der Waals surface area (Å²) in [4.78, 5) is 2.35. The van der Waals surface area contributed by atoms with Gasteiger partial charge in [-0.15, -0.1) is 0 Å². The van der Waals surface area contributed by atoms with Crippen molar-refractivity contribution in [1.29, 1.82) is 0 Å². The minimum Gasteiger partial charge on any atom is -0.374 e. The van der Waals surface area contributed by atoms with Crippen molar-refractivity contribution in [2.24, 2.45) is 0 Å². The van der Waals surface area contributed by atoms with E-state index in [-0.39, 0.29) is 0 Å². The number of nitrogens with zero attached hydrogens (tertiary/aromatic N) is 2. The molecule has 3 rings (SSSR count). The molecule has 0 spiro atoms. The molecule has 1 atom stereocenters. The molecule has 3 heteroatoms. The summed E-state index contributed by atoms with van der Waals surface area (Å²) in [6.07, 6.45) is 3.58. The zero-order valence-corrected chi connectivity index (χ0v) is 11.8. The summed E-state index contributed by atoms with van der Waals surface area (Å²) in [7, 11) is 2.17. The molecule has 0 bridgehead atoms. The fourth-order valence-corrected chi connectivity index (χ4v) is 2.97. The van der Waals surface area contributed by atoms with Gasteiger partial charge >= 0.3 is 0 Å². The fourth-order valence-electron chi connectivity index (χ4n) is 2.97. The van der Waals surface area contributed by atoms with E-state index >= 15 is 0 Å². The molecule has 1 saturated heterocycles. The maximum absolute atomic E-state index is 5.88. The van der Waals surface area contributed by atoms with Gasteiger partial charge in [-0.2, -0.15) is 0 Å². The van der Waals surface area contributed by atoms with Gasteiger partial charge in [0.25, 0.3) is 0 Å². The van der Waals surface area contributed by atoms with Gasteiger partial charge in [0.2, 0.25) is 0 Å².